The fourth-order valence-corrected chi connectivity index (χ4v) is 1.47. The molecule has 0 saturated heterocycles. The first-order valence-corrected chi connectivity index (χ1v) is 4.92. The number of rotatable bonds is 3. The summed E-state index contributed by atoms with van der Waals surface area (Å²) in [5.41, 5.74) is 8.51. The van der Waals surface area contributed by atoms with Gasteiger partial charge in [-0.2, -0.15) is 0 Å². The van der Waals surface area contributed by atoms with Crippen LogP contribution in [-0.4, -0.2) is 11.5 Å². The predicted molar refractivity (Wildman–Crippen MR) is 56.1 cm³/mol. The Morgan fingerprint density at radius 2 is 2.29 bits per heavy atom. The van der Waals surface area contributed by atoms with E-state index >= 15 is 0 Å². The van der Waals surface area contributed by atoms with Gasteiger partial charge in [0.2, 0.25) is 0 Å². The molecule has 0 fully saturated rings. The molecule has 0 atom stereocenters. The molecule has 0 radical (unpaired) electrons. The zero-order chi connectivity index (χ0) is 9.97. The minimum Gasteiger partial charge on any atom is -0.441 e. The highest BCUT2D eigenvalue weighted by Gasteiger charge is 2.04. The number of aryl methyl sites for hydroxylation is 1. The summed E-state index contributed by atoms with van der Waals surface area (Å²) < 4.78 is 5.52. The Morgan fingerprint density at radius 1 is 1.43 bits per heavy atom. The van der Waals surface area contributed by atoms with Gasteiger partial charge in [-0.3, -0.25) is 0 Å². The van der Waals surface area contributed by atoms with Crippen molar-refractivity contribution < 1.29 is 4.42 Å². The van der Waals surface area contributed by atoms with E-state index in [0.717, 1.165) is 23.4 Å². The lowest BCUT2D eigenvalue weighted by atomic mass is 10.1. The number of benzene rings is 1. The molecule has 1 heterocycles. The van der Waals surface area contributed by atoms with E-state index in [4.69, 9.17) is 10.2 Å². The molecule has 2 aromatic rings. The van der Waals surface area contributed by atoms with Crippen molar-refractivity contribution in [1.82, 2.24) is 4.98 Å². The highest BCUT2D eigenvalue weighted by atomic mass is 16.3. The van der Waals surface area contributed by atoms with Crippen LogP contribution in [0.25, 0.3) is 11.1 Å². The van der Waals surface area contributed by atoms with Gasteiger partial charge < -0.3 is 10.2 Å². The summed E-state index contributed by atoms with van der Waals surface area (Å²) in [6, 6.07) is 6.11. The van der Waals surface area contributed by atoms with Gasteiger partial charge in [0.1, 0.15) is 5.52 Å². The molecular weight excluding hydrogens is 176 g/mol. The number of hydrogen-bond acceptors (Lipinski definition) is 3. The highest BCUT2D eigenvalue weighted by Crippen LogP contribution is 2.17. The third-order valence-electron chi connectivity index (χ3n) is 2.26. The first kappa shape index (κ1) is 9.21. The van der Waals surface area contributed by atoms with E-state index < -0.39 is 0 Å². The van der Waals surface area contributed by atoms with E-state index in [1.165, 1.54) is 5.56 Å². The monoisotopic (exact) mass is 190 g/mol. The molecule has 0 aliphatic carbocycles. The summed E-state index contributed by atoms with van der Waals surface area (Å²) in [6.45, 7) is 2.70. The standard InChI is InChI=1S/C11H14N2O/c1-2-8-3-4-10-9(7-8)13-11(14-10)5-6-12/h3-4,7H,2,5-6,12H2,1H3. The van der Waals surface area contributed by atoms with Crippen molar-refractivity contribution in [3.63, 3.8) is 0 Å². The number of nitrogens with two attached hydrogens (primary N) is 1. The Balaban J connectivity index is 2.43. The molecule has 3 nitrogen and oxygen atoms in total. The summed E-state index contributed by atoms with van der Waals surface area (Å²) in [5, 5.41) is 0. The molecule has 74 valence electrons. The van der Waals surface area contributed by atoms with Crippen LogP contribution in [0.1, 0.15) is 18.4 Å². The normalized spacial score (nSPS) is 11.0. The summed E-state index contributed by atoms with van der Waals surface area (Å²) in [4.78, 5) is 4.36. The molecule has 0 unspecified atom stereocenters. The maximum atomic E-state index is 5.52. The molecule has 3 heteroatoms. The Morgan fingerprint density at radius 3 is 3.00 bits per heavy atom. The summed E-state index contributed by atoms with van der Waals surface area (Å²) >= 11 is 0. The fraction of sp³-hybridized carbons (Fsp3) is 0.364. The SMILES string of the molecule is CCc1ccc2oc(CCN)nc2c1. The molecule has 1 aromatic carbocycles. The summed E-state index contributed by atoms with van der Waals surface area (Å²) in [7, 11) is 0. The lowest BCUT2D eigenvalue weighted by Crippen LogP contribution is -2.02. The number of fused-ring (bicyclic) bond motifs is 1. The van der Waals surface area contributed by atoms with Crippen LogP contribution in [-0.2, 0) is 12.8 Å². The van der Waals surface area contributed by atoms with E-state index in [9.17, 15) is 0 Å². The second kappa shape index (κ2) is 3.80. The maximum absolute atomic E-state index is 5.52. The van der Waals surface area contributed by atoms with Gasteiger partial charge in [0.25, 0.3) is 0 Å². The average molecular weight is 190 g/mol. The largest absolute Gasteiger partial charge is 0.441 e. The third-order valence-corrected chi connectivity index (χ3v) is 2.26. The van der Waals surface area contributed by atoms with Gasteiger partial charge in [-0.15, -0.1) is 0 Å². The first-order chi connectivity index (χ1) is 6.83. The van der Waals surface area contributed by atoms with Crippen LogP contribution in [0.3, 0.4) is 0 Å². The summed E-state index contributed by atoms with van der Waals surface area (Å²) in [5.74, 6) is 0.732. The lowest BCUT2D eigenvalue weighted by molar-refractivity contribution is 0.531. The van der Waals surface area contributed by atoms with Gasteiger partial charge in [0, 0.05) is 13.0 Å². The molecule has 0 bridgehead atoms. The number of nitrogens with zero attached hydrogens (tertiary/aromatic N) is 1. The van der Waals surface area contributed by atoms with Crippen molar-refractivity contribution in [2.24, 2.45) is 5.73 Å². The van der Waals surface area contributed by atoms with E-state index in [1.54, 1.807) is 0 Å². The van der Waals surface area contributed by atoms with E-state index in [2.05, 4.69) is 24.0 Å². The first-order valence-electron chi connectivity index (χ1n) is 4.92. The van der Waals surface area contributed by atoms with Crippen molar-refractivity contribution in [3.05, 3.63) is 29.7 Å². The molecule has 0 aliphatic rings. The van der Waals surface area contributed by atoms with Crippen molar-refractivity contribution >= 4 is 11.1 Å². The zero-order valence-corrected chi connectivity index (χ0v) is 8.29. The Hall–Kier alpha value is -1.35. The second-order valence-corrected chi connectivity index (χ2v) is 3.30. The molecule has 0 aliphatic heterocycles. The lowest BCUT2D eigenvalue weighted by Gasteiger charge is -1.92. The Labute approximate surface area is 82.9 Å². The topological polar surface area (TPSA) is 52.0 Å². The minimum absolute atomic E-state index is 0.577. The van der Waals surface area contributed by atoms with Gasteiger partial charge >= 0.3 is 0 Å². The van der Waals surface area contributed by atoms with E-state index in [-0.39, 0.29) is 0 Å². The molecule has 0 amide bonds. The predicted octanol–water partition coefficient (Wildman–Crippen LogP) is 1.89. The van der Waals surface area contributed by atoms with Crippen LogP contribution in [0.2, 0.25) is 0 Å². The molecule has 0 saturated carbocycles. The van der Waals surface area contributed by atoms with Gasteiger partial charge in [-0.05, 0) is 24.1 Å². The van der Waals surface area contributed by atoms with Crippen LogP contribution >= 0.6 is 0 Å². The van der Waals surface area contributed by atoms with E-state index in [1.807, 2.05) is 6.07 Å². The molecule has 0 spiro atoms. The van der Waals surface area contributed by atoms with Crippen molar-refractivity contribution in [1.29, 1.82) is 0 Å². The Bertz CT molecular complexity index is 434. The van der Waals surface area contributed by atoms with Crippen LogP contribution in [0.5, 0.6) is 0 Å². The number of oxazole rings is 1. The van der Waals surface area contributed by atoms with Gasteiger partial charge in [-0.1, -0.05) is 13.0 Å². The van der Waals surface area contributed by atoms with Gasteiger partial charge in [0.05, 0.1) is 0 Å². The molecular formula is C11H14N2O. The Kier molecular flexibility index (Phi) is 2.50. The van der Waals surface area contributed by atoms with Crippen LogP contribution in [0.15, 0.2) is 22.6 Å². The fourth-order valence-electron chi connectivity index (χ4n) is 1.47. The quantitative estimate of drug-likeness (QED) is 0.804. The molecule has 14 heavy (non-hydrogen) atoms. The van der Waals surface area contributed by atoms with Crippen LogP contribution < -0.4 is 5.73 Å². The van der Waals surface area contributed by atoms with Crippen LogP contribution in [0.4, 0.5) is 0 Å². The average Bonchev–Trinajstić information content (AvgIpc) is 2.59. The zero-order valence-electron chi connectivity index (χ0n) is 8.29. The number of aromatic nitrogens is 1. The van der Waals surface area contributed by atoms with Crippen LogP contribution in [0, 0.1) is 0 Å². The number of hydrogen-bond donors (Lipinski definition) is 1. The van der Waals surface area contributed by atoms with E-state index in [0.29, 0.717) is 13.0 Å². The van der Waals surface area contributed by atoms with Gasteiger partial charge in [0.15, 0.2) is 11.5 Å². The molecule has 1 aromatic heterocycles. The van der Waals surface area contributed by atoms with Crippen molar-refractivity contribution in [2.75, 3.05) is 6.54 Å². The second-order valence-electron chi connectivity index (χ2n) is 3.30. The van der Waals surface area contributed by atoms with Crippen molar-refractivity contribution in [2.45, 2.75) is 19.8 Å². The molecule has 2 N–H and O–H groups in total. The third kappa shape index (κ3) is 1.63. The van der Waals surface area contributed by atoms with Crippen molar-refractivity contribution in [3.8, 4) is 0 Å². The highest BCUT2D eigenvalue weighted by molar-refractivity contribution is 5.73. The van der Waals surface area contributed by atoms with Gasteiger partial charge in [-0.25, -0.2) is 4.98 Å². The minimum atomic E-state index is 0.577. The maximum Gasteiger partial charge on any atom is 0.196 e. The molecule has 2 rings (SSSR count). The smallest absolute Gasteiger partial charge is 0.196 e. The summed E-state index contributed by atoms with van der Waals surface area (Å²) in [6.07, 6.45) is 1.73.